The van der Waals surface area contributed by atoms with Gasteiger partial charge in [-0.3, -0.25) is 9.59 Å². The molecule has 0 saturated heterocycles. The van der Waals surface area contributed by atoms with Crippen molar-refractivity contribution in [2.75, 3.05) is 0 Å². The molecule has 2 aliphatic rings. The largest absolute Gasteiger partial charge is 0.507 e. The van der Waals surface area contributed by atoms with Crippen LogP contribution in [0, 0.1) is 0 Å². The molecular formula is C16H18O4. The van der Waals surface area contributed by atoms with Crippen LogP contribution in [0.15, 0.2) is 46.5 Å². The lowest BCUT2D eigenvalue weighted by Gasteiger charge is -2.31. The lowest BCUT2D eigenvalue weighted by molar-refractivity contribution is -0.135. The Kier molecular flexibility index (Phi) is 3.42. The van der Waals surface area contributed by atoms with Gasteiger partial charge < -0.3 is 9.84 Å². The molecule has 106 valence electrons. The van der Waals surface area contributed by atoms with E-state index < -0.39 is 17.2 Å². The predicted octanol–water partition coefficient (Wildman–Crippen LogP) is 2.93. The van der Waals surface area contributed by atoms with Crippen molar-refractivity contribution in [1.82, 2.24) is 0 Å². The molecular weight excluding hydrogens is 256 g/mol. The van der Waals surface area contributed by atoms with E-state index >= 15 is 0 Å². The molecule has 0 aromatic rings. The Morgan fingerprint density at radius 2 is 1.95 bits per heavy atom. The molecule has 0 spiro atoms. The highest BCUT2D eigenvalue weighted by atomic mass is 16.5. The fourth-order valence-electron chi connectivity index (χ4n) is 2.07. The minimum absolute atomic E-state index is 0.0547. The molecule has 0 aromatic carbocycles. The number of Topliss-reactive ketones (excluding diaryl/α,β-unsaturated/α-hetero) is 2. The van der Waals surface area contributed by atoms with Crippen molar-refractivity contribution < 1.29 is 19.4 Å². The molecule has 1 N–H and O–H groups in total. The fraction of sp³-hybridized carbons (Fsp3) is 0.375. The third kappa shape index (κ3) is 2.46. The van der Waals surface area contributed by atoms with Crippen molar-refractivity contribution in [3.8, 4) is 0 Å². The second-order valence-electron chi connectivity index (χ2n) is 5.75. The number of ether oxygens (including phenoxy) is 1. The third-order valence-electron chi connectivity index (χ3n) is 3.20. The van der Waals surface area contributed by atoms with E-state index in [0.29, 0.717) is 5.57 Å². The quantitative estimate of drug-likeness (QED) is 0.478. The van der Waals surface area contributed by atoms with Crippen LogP contribution in [0.3, 0.4) is 0 Å². The maximum Gasteiger partial charge on any atom is 0.268 e. The fourth-order valence-corrected chi connectivity index (χ4v) is 2.07. The van der Waals surface area contributed by atoms with Crippen LogP contribution in [0.25, 0.3) is 0 Å². The second kappa shape index (κ2) is 4.78. The van der Waals surface area contributed by atoms with Crippen LogP contribution < -0.4 is 0 Å². The van der Waals surface area contributed by atoms with Gasteiger partial charge >= 0.3 is 0 Å². The van der Waals surface area contributed by atoms with Gasteiger partial charge in [-0.2, -0.15) is 0 Å². The van der Waals surface area contributed by atoms with Gasteiger partial charge in [-0.05, 0) is 46.3 Å². The highest BCUT2D eigenvalue weighted by Gasteiger charge is 2.39. The van der Waals surface area contributed by atoms with Gasteiger partial charge in [-0.25, -0.2) is 0 Å². The molecule has 1 heterocycles. The lowest BCUT2D eigenvalue weighted by Crippen LogP contribution is -2.34. The van der Waals surface area contributed by atoms with Gasteiger partial charge in [-0.1, -0.05) is 11.6 Å². The topological polar surface area (TPSA) is 63.6 Å². The molecule has 0 radical (unpaired) electrons. The molecule has 0 fully saturated rings. The first-order valence-electron chi connectivity index (χ1n) is 6.50. The first-order chi connectivity index (χ1) is 9.23. The Morgan fingerprint density at radius 1 is 1.30 bits per heavy atom. The Labute approximate surface area is 118 Å². The number of aliphatic hydroxyl groups is 1. The lowest BCUT2D eigenvalue weighted by atomic mass is 9.88. The number of carbonyl (C=O) groups is 2. The summed E-state index contributed by atoms with van der Waals surface area (Å²) >= 11 is 0. The van der Waals surface area contributed by atoms with Gasteiger partial charge in [0.1, 0.15) is 11.4 Å². The number of ketones is 2. The summed E-state index contributed by atoms with van der Waals surface area (Å²) in [5.41, 5.74) is 0.780. The Bertz CT molecular complexity index is 608. The molecule has 4 nitrogen and oxygen atoms in total. The summed E-state index contributed by atoms with van der Waals surface area (Å²) in [7, 11) is 0. The maximum absolute atomic E-state index is 12.1. The minimum Gasteiger partial charge on any atom is -0.507 e. The van der Waals surface area contributed by atoms with Gasteiger partial charge in [0.05, 0.1) is 11.1 Å². The van der Waals surface area contributed by atoms with E-state index in [1.807, 2.05) is 13.8 Å². The Morgan fingerprint density at radius 3 is 2.55 bits per heavy atom. The Balaban J connectivity index is 2.49. The molecule has 4 heteroatoms. The highest BCUT2D eigenvalue weighted by Crippen LogP contribution is 2.34. The van der Waals surface area contributed by atoms with Crippen LogP contribution in [0.2, 0.25) is 0 Å². The SMILES string of the molecule is CC(C)=CCC1=C(O)C2=C(OC(C)(C)C=C2)C(=O)C1=O. The normalized spacial score (nSPS) is 20.8. The smallest absolute Gasteiger partial charge is 0.268 e. The number of aliphatic hydroxyl groups excluding tert-OH is 1. The standard InChI is InChI=1S/C16H18O4/c1-9(2)5-6-10-12(17)11-7-8-16(3,4)20-15(11)14(19)13(10)18/h5,7-8,17H,6H2,1-4H3. The summed E-state index contributed by atoms with van der Waals surface area (Å²) in [4.78, 5) is 24.2. The van der Waals surface area contributed by atoms with E-state index in [1.54, 1.807) is 32.1 Å². The molecule has 0 bridgehead atoms. The van der Waals surface area contributed by atoms with Gasteiger partial charge in [0.2, 0.25) is 5.78 Å². The zero-order valence-electron chi connectivity index (χ0n) is 12.1. The molecule has 20 heavy (non-hydrogen) atoms. The van der Waals surface area contributed by atoms with Crippen molar-refractivity contribution in [3.05, 3.63) is 46.5 Å². The van der Waals surface area contributed by atoms with E-state index in [9.17, 15) is 14.7 Å². The molecule has 0 atom stereocenters. The average molecular weight is 274 g/mol. The summed E-state index contributed by atoms with van der Waals surface area (Å²) in [6, 6.07) is 0. The molecule has 0 amide bonds. The van der Waals surface area contributed by atoms with Crippen LogP contribution in [0.4, 0.5) is 0 Å². The monoisotopic (exact) mass is 274 g/mol. The van der Waals surface area contributed by atoms with Crippen LogP contribution in [-0.4, -0.2) is 22.3 Å². The van der Waals surface area contributed by atoms with E-state index in [1.165, 1.54) is 0 Å². The number of allylic oxidation sites excluding steroid dienone is 5. The summed E-state index contributed by atoms with van der Waals surface area (Å²) < 4.78 is 5.52. The van der Waals surface area contributed by atoms with Crippen molar-refractivity contribution in [2.24, 2.45) is 0 Å². The summed E-state index contributed by atoms with van der Waals surface area (Å²) in [5, 5.41) is 10.2. The number of hydrogen-bond donors (Lipinski definition) is 1. The van der Waals surface area contributed by atoms with Crippen LogP contribution in [-0.2, 0) is 14.3 Å². The summed E-state index contributed by atoms with van der Waals surface area (Å²) in [5.74, 6) is -1.59. The van der Waals surface area contributed by atoms with Crippen molar-refractivity contribution in [2.45, 2.75) is 39.7 Å². The van der Waals surface area contributed by atoms with E-state index in [-0.39, 0.29) is 23.5 Å². The molecule has 1 aliphatic heterocycles. The van der Waals surface area contributed by atoms with Gasteiger partial charge in [0, 0.05) is 0 Å². The molecule has 2 rings (SSSR count). The van der Waals surface area contributed by atoms with Gasteiger partial charge in [-0.15, -0.1) is 0 Å². The first kappa shape index (κ1) is 14.3. The van der Waals surface area contributed by atoms with Crippen LogP contribution in [0.5, 0.6) is 0 Å². The van der Waals surface area contributed by atoms with Crippen molar-refractivity contribution in [3.63, 3.8) is 0 Å². The van der Waals surface area contributed by atoms with E-state index in [4.69, 9.17) is 4.74 Å². The van der Waals surface area contributed by atoms with Crippen molar-refractivity contribution in [1.29, 1.82) is 0 Å². The summed E-state index contributed by atoms with van der Waals surface area (Å²) in [6.07, 6.45) is 5.44. The zero-order chi connectivity index (χ0) is 15.1. The molecule has 0 aromatic heterocycles. The summed E-state index contributed by atoms with van der Waals surface area (Å²) in [6.45, 7) is 7.35. The second-order valence-corrected chi connectivity index (χ2v) is 5.75. The third-order valence-corrected chi connectivity index (χ3v) is 3.20. The van der Waals surface area contributed by atoms with E-state index in [0.717, 1.165) is 5.57 Å². The first-order valence-corrected chi connectivity index (χ1v) is 6.50. The van der Waals surface area contributed by atoms with E-state index in [2.05, 4.69) is 0 Å². The Hall–Kier alpha value is -2.10. The van der Waals surface area contributed by atoms with Crippen LogP contribution in [0.1, 0.15) is 34.1 Å². The highest BCUT2D eigenvalue weighted by molar-refractivity contribution is 6.50. The van der Waals surface area contributed by atoms with Gasteiger partial charge in [0.25, 0.3) is 5.78 Å². The van der Waals surface area contributed by atoms with Crippen molar-refractivity contribution >= 4 is 11.6 Å². The molecule has 1 aliphatic carbocycles. The number of carbonyl (C=O) groups excluding carboxylic acids is 2. The number of rotatable bonds is 2. The molecule has 0 unspecified atom stereocenters. The van der Waals surface area contributed by atoms with Crippen LogP contribution >= 0.6 is 0 Å². The number of hydrogen-bond acceptors (Lipinski definition) is 4. The minimum atomic E-state index is -0.690. The predicted molar refractivity (Wildman–Crippen MR) is 75.0 cm³/mol. The zero-order valence-corrected chi connectivity index (χ0v) is 12.1. The molecule has 0 saturated carbocycles. The van der Waals surface area contributed by atoms with Gasteiger partial charge in [0.15, 0.2) is 5.76 Å². The maximum atomic E-state index is 12.1. The average Bonchev–Trinajstić information content (AvgIpc) is 2.34.